The maximum Gasteiger partial charge on any atom is 0.120 e. The molecule has 0 unspecified atom stereocenters. The molecule has 0 N–H and O–H groups in total. The Morgan fingerprint density at radius 3 is 2.83 bits per heavy atom. The van der Waals surface area contributed by atoms with Crippen LogP contribution < -0.4 is 4.74 Å². The Morgan fingerprint density at radius 1 is 1.22 bits per heavy atom. The van der Waals surface area contributed by atoms with E-state index in [1.54, 1.807) is 12.5 Å². The second kappa shape index (κ2) is 6.05. The molecule has 18 heavy (non-hydrogen) atoms. The molecule has 0 radical (unpaired) electrons. The summed E-state index contributed by atoms with van der Waals surface area (Å²) in [6.07, 6.45) is 9.61. The molecule has 0 atom stereocenters. The third-order valence-corrected chi connectivity index (χ3v) is 2.87. The zero-order chi connectivity index (χ0) is 12.8. The van der Waals surface area contributed by atoms with Crippen LogP contribution >= 0.6 is 0 Å². The van der Waals surface area contributed by atoms with Crippen molar-refractivity contribution < 1.29 is 4.74 Å². The van der Waals surface area contributed by atoms with E-state index in [9.17, 15) is 0 Å². The molecule has 1 aromatic heterocycles. The van der Waals surface area contributed by atoms with Crippen molar-refractivity contribution in [3.05, 3.63) is 60.2 Å². The second-order valence-corrected chi connectivity index (χ2v) is 4.29. The quantitative estimate of drug-likeness (QED) is 0.753. The number of imidazole rings is 1. The van der Waals surface area contributed by atoms with E-state index >= 15 is 0 Å². The number of hydrogen-bond acceptors (Lipinski definition) is 2. The fourth-order valence-corrected chi connectivity index (χ4v) is 1.61. The number of nitrogens with zero attached hydrogens (tertiary/aromatic N) is 2. The summed E-state index contributed by atoms with van der Waals surface area (Å²) in [6, 6.07) is 6.16. The summed E-state index contributed by atoms with van der Waals surface area (Å²) in [6.45, 7) is 5.62. The van der Waals surface area contributed by atoms with Gasteiger partial charge in [0.25, 0.3) is 0 Å². The lowest BCUT2D eigenvalue weighted by Crippen LogP contribution is -1.96. The van der Waals surface area contributed by atoms with Crippen molar-refractivity contribution in [2.45, 2.75) is 20.4 Å². The van der Waals surface area contributed by atoms with Crippen LogP contribution in [0.25, 0.3) is 0 Å². The maximum atomic E-state index is 5.65. The highest BCUT2D eigenvalue weighted by Crippen LogP contribution is 2.16. The van der Waals surface area contributed by atoms with Crippen LogP contribution in [0, 0.1) is 13.8 Å². The Morgan fingerprint density at radius 2 is 2.11 bits per heavy atom. The molecular formula is C15H18N2O. The van der Waals surface area contributed by atoms with Gasteiger partial charge in [0.1, 0.15) is 12.4 Å². The van der Waals surface area contributed by atoms with Gasteiger partial charge in [-0.15, -0.1) is 0 Å². The van der Waals surface area contributed by atoms with E-state index in [-0.39, 0.29) is 0 Å². The normalized spacial score (nSPS) is 11.0. The first-order chi connectivity index (χ1) is 8.75. The van der Waals surface area contributed by atoms with Gasteiger partial charge in [0, 0.05) is 18.9 Å². The van der Waals surface area contributed by atoms with Gasteiger partial charge >= 0.3 is 0 Å². The minimum atomic E-state index is 0.594. The van der Waals surface area contributed by atoms with Crippen molar-refractivity contribution in [3.8, 4) is 5.75 Å². The fraction of sp³-hybridized carbons (Fsp3) is 0.267. The molecule has 0 bridgehead atoms. The number of aryl methyl sites for hydroxylation is 2. The van der Waals surface area contributed by atoms with E-state index < -0.39 is 0 Å². The molecule has 0 saturated carbocycles. The summed E-state index contributed by atoms with van der Waals surface area (Å²) in [7, 11) is 0. The summed E-state index contributed by atoms with van der Waals surface area (Å²) < 4.78 is 7.66. The molecule has 3 heteroatoms. The van der Waals surface area contributed by atoms with Gasteiger partial charge in [-0.25, -0.2) is 4.98 Å². The van der Waals surface area contributed by atoms with Crippen molar-refractivity contribution in [3.63, 3.8) is 0 Å². The van der Waals surface area contributed by atoms with E-state index in [1.165, 1.54) is 11.1 Å². The predicted molar refractivity (Wildman–Crippen MR) is 72.8 cm³/mol. The maximum absolute atomic E-state index is 5.65. The third-order valence-electron chi connectivity index (χ3n) is 2.87. The molecule has 0 aliphatic rings. The summed E-state index contributed by atoms with van der Waals surface area (Å²) in [5, 5.41) is 0. The summed E-state index contributed by atoms with van der Waals surface area (Å²) >= 11 is 0. The van der Waals surface area contributed by atoms with Gasteiger partial charge in [-0.05, 0) is 43.2 Å². The Kier molecular flexibility index (Phi) is 4.18. The van der Waals surface area contributed by atoms with Crippen LogP contribution in [0.3, 0.4) is 0 Å². The lowest BCUT2D eigenvalue weighted by molar-refractivity contribution is 0.362. The Balaban J connectivity index is 1.77. The van der Waals surface area contributed by atoms with Crippen LogP contribution in [-0.4, -0.2) is 16.2 Å². The molecule has 0 amide bonds. The average molecular weight is 242 g/mol. The lowest BCUT2D eigenvalue weighted by Gasteiger charge is -2.06. The molecular weight excluding hydrogens is 224 g/mol. The number of aromatic nitrogens is 2. The Labute approximate surface area is 108 Å². The third kappa shape index (κ3) is 3.48. The molecule has 94 valence electrons. The van der Waals surface area contributed by atoms with Crippen LogP contribution in [-0.2, 0) is 6.54 Å². The molecule has 0 spiro atoms. The number of allylic oxidation sites excluding steroid dienone is 1. The topological polar surface area (TPSA) is 27.1 Å². The van der Waals surface area contributed by atoms with Gasteiger partial charge in [0.2, 0.25) is 0 Å². The van der Waals surface area contributed by atoms with Gasteiger partial charge in [0.15, 0.2) is 0 Å². The van der Waals surface area contributed by atoms with Crippen molar-refractivity contribution in [1.29, 1.82) is 0 Å². The predicted octanol–water partition coefficient (Wildman–Crippen LogP) is 3.14. The highest BCUT2D eigenvalue weighted by atomic mass is 16.5. The monoisotopic (exact) mass is 242 g/mol. The van der Waals surface area contributed by atoms with Crippen LogP contribution in [0.1, 0.15) is 11.1 Å². The smallest absolute Gasteiger partial charge is 0.120 e. The SMILES string of the molecule is Cc1ccc(OC/C=C/Cn2ccnc2)cc1C. The van der Waals surface area contributed by atoms with E-state index in [1.807, 2.05) is 22.9 Å². The lowest BCUT2D eigenvalue weighted by atomic mass is 10.1. The first-order valence-electron chi connectivity index (χ1n) is 6.06. The van der Waals surface area contributed by atoms with E-state index in [0.29, 0.717) is 6.61 Å². The van der Waals surface area contributed by atoms with Gasteiger partial charge in [-0.3, -0.25) is 0 Å². The van der Waals surface area contributed by atoms with Crippen LogP contribution in [0.4, 0.5) is 0 Å². The average Bonchev–Trinajstić information content (AvgIpc) is 2.86. The molecule has 1 aromatic carbocycles. The van der Waals surface area contributed by atoms with Crippen molar-refractivity contribution >= 4 is 0 Å². The highest BCUT2D eigenvalue weighted by Gasteiger charge is 1.95. The largest absolute Gasteiger partial charge is 0.490 e. The van der Waals surface area contributed by atoms with Crippen LogP contribution in [0.15, 0.2) is 49.1 Å². The molecule has 3 nitrogen and oxygen atoms in total. The number of rotatable bonds is 5. The second-order valence-electron chi connectivity index (χ2n) is 4.29. The molecule has 0 saturated heterocycles. The van der Waals surface area contributed by atoms with Gasteiger partial charge in [-0.1, -0.05) is 12.1 Å². The van der Waals surface area contributed by atoms with E-state index in [2.05, 4.69) is 37.0 Å². The van der Waals surface area contributed by atoms with E-state index in [0.717, 1.165) is 12.3 Å². The zero-order valence-electron chi connectivity index (χ0n) is 10.8. The number of ether oxygens (including phenoxy) is 1. The highest BCUT2D eigenvalue weighted by molar-refractivity contribution is 5.33. The van der Waals surface area contributed by atoms with Gasteiger partial charge in [0.05, 0.1) is 6.33 Å². The Hall–Kier alpha value is -2.03. The molecule has 0 aliphatic carbocycles. The summed E-state index contributed by atoms with van der Waals surface area (Å²) in [5.74, 6) is 0.922. The molecule has 1 heterocycles. The van der Waals surface area contributed by atoms with Gasteiger partial charge < -0.3 is 9.30 Å². The number of hydrogen-bond donors (Lipinski definition) is 0. The Bertz CT molecular complexity index is 515. The van der Waals surface area contributed by atoms with Crippen molar-refractivity contribution in [1.82, 2.24) is 9.55 Å². The standard InChI is InChI=1S/C15H18N2O/c1-13-5-6-15(11-14(13)2)18-10-4-3-8-17-9-7-16-12-17/h3-7,9,11-12H,8,10H2,1-2H3/b4-3+. The zero-order valence-corrected chi connectivity index (χ0v) is 10.8. The van der Waals surface area contributed by atoms with Crippen LogP contribution in [0.2, 0.25) is 0 Å². The number of benzene rings is 1. The molecule has 2 aromatic rings. The van der Waals surface area contributed by atoms with Crippen molar-refractivity contribution in [2.75, 3.05) is 6.61 Å². The minimum absolute atomic E-state index is 0.594. The van der Waals surface area contributed by atoms with Crippen molar-refractivity contribution in [2.24, 2.45) is 0 Å². The summed E-state index contributed by atoms with van der Waals surface area (Å²) in [4.78, 5) is 3.98. The van der Waals surface area contributed by atoms with E-state index in [4.69, 9.17) is 4.74 Å². The minimum Gasteiger partial charge on any atom is -0.490 e. The fourth-order valence-electron chi connectivity index (χ4n) is 1.61. The first-order valence-corrected chi connectivity index (χ1v) is 6.06. The molecule has 0 aliphatic heterocycles. The van der Waals surface area contributed by atoms with Gasteiger partial charge in [-0.2, -0.15) is 0 Å². The first kappa shape index (κ1) is 12.4. The van der Waals surface area contributed by atoms with Crippen LogP contribution in [0.5, 0.6) is 5.75 Å². The molecule has 0 fully saturated rings. The summed E-state index contributed by atoms with van der Waals surface area (Å²) in [5.41, 5.74) is 2.55. The molecule has 2 rings (SSSR count).